The Labute approximate surface area is 131 Å². The number of aromatic nitrogens is 2. The van der Waals surface area contributed by atoms with Crippen molar-refractivity contribution in [1.82, 2.24) is 20.2 Å². The maximum atomic E-state index is 12.3. The fraction of sp³-hybridized carbons (Fsp3) is 0.688. The number of nitrogens with zero attached hydrogens (tertiary/aromatic N) is 3. The van der Waals surface area contributed by atoms with Crippen LogP contribution in [0, 0.1) is 0 Å². The van der Waals surface area contributed by atoms with Gasteiger partial charge in [-0.25, -0.2) is 9.78 Å². The predicted octanol–water partition coefficient (Wildman–Crippen LogP) is 2.36. The fourth-order valence-electron chi connectivity index (χ4n) is 3.21. The highest BCUT2D eigenvalue weighted by molar-refractivity contribution is 5.74. The summed E-state index contributed by atoms with van der Waals surface area (Å²) in [6.07, 6.45) is 12.7. The van der Waals surface area contributed by atoms with Crippen LogP contribution in [0.2, 0.25) is 0 Å². The summed E-state index contributed by atoms with van der Waals surface area (Å²) >= 11 is 0. The van der Waals surface area contributed by atoms with Crippen LogP contribution in [0.3, 0.4) is 0 Å². The third-order valence-electron chi connectivity index (χ3n) is 4.49. The van der Waals surface area contributed by atoms with Crippen LogP contribution >= 0.6 is 0 Å². The maximum absolute atomic E-state index is 12.3. The molecule has 0 spiro atoms. The first-order chi connectivity index (χ1) is 10.8. The van der Waals surface area contributed by atoms with Crippen molar-refractivity contribution in [3.05, 3.63) is 18.6 Å². The zero-order valence-corrected chi connectivity index (χ0v) is 12.9. The highest BCUT2D eigenvalue weighted by Crippen LogP contribution is 2.19. The lowest BCUT2D eigenvalue weighted by atomic mass is 9.96. The van der Waals surface area contributed by atoms with Gasteiger partial charge >= 0.3 is 6.03 Å². The van der Waals surface area contributed by atoms with Crippen molar-refractivity contribution in [2.45, 2.75) is 57.1 Å². The highest BCUT2D eigenvalue weighted by atomic mass is 16.5. The van der Waals surface area contributed by atoms with Gasteiger partial charge in [0, 0.05) is 44.4 Å². The zero-order chi connectivity index (χ0) is 15.2. The summed E-state index contributed by atoms with van der Waals surface area (Å²) in [5, 5.41) is 3.18. The van der Waals surface area contributed by atoms with Gasteiger partial charge in [-0.05, 0) is 12.8 Å². The van der Waals surface area contributed by atoms with Crippen LogP contribution in [0.4, 0.5) is 4.79 Å². The number of amides is 2. The topological polar surface area (TPSA) is 67.4 Å². The van der Waals surface area contributed by atoms with Crippen molar-refractivity contribution in [2.75, 3.05) is 13.1 Å². The molecule has 6 nitrogen and oxygen atoms in total. The number of likely N-dealkylation sites (tertiary alicyclic amines) is 1. The van der Waals surface area contributed by atoms with Crippen molar-refractivity contribution in [3.8, 4) is 5.88 Å². The van der Waals surface area contributed by atoms with Crippen LogP contribution in [0.25, 0.3) is 0 Å². The number of hydrogen-bond donors (Lipinski definition) is 1. The summed E-state index contributed by atoms with van der Waals surface area (Å²) in [4.78, 5) is 22.3. The van der Waals surface area contributed by atoms with E-state index >= 15 is 0 Å². The molecule has 1 aliphatic carbocycles. The molecule has 3 rings (SSSR count). The second kappa shape index (κ2) is 7.42. The van der Waals surface area contributed by atoms with Gasteiger partial charge in [-0.15, -0.1) is 0 Å². The van der Waals surface area contributed by atoms with Gasteiger partial charge in [0.2, 0.25) is 5.88 Å². The molecule has 1 aromatic rings. The van der Waals surface area contributed by atoms with Crippen molar-refractivity contribution in [3.63, 3.8) is 0 Å². The van der Waals surface area contributed by atoms with Crippen molar-refractivity contribution >= 4 is 6.03 Å². The minimum Gasteiger partial charge on any atom is -0.473 e. The van der Waals surface area contributed by atoms with Crippen molar-refractivity contribution in [1.29, 1.82) is 0 Å². The molecule has 0 radical (unpaired) electrons. The van der Waals surface area contributed by atoms with E-state index in [1.54, 1.807) is 18.6 Å². The van der Waals surface area contributed by atoms with Crippen LogP contribution < -0.4 is 10.1 Å². The molecule has 2 heterocycles. The first-order valence-corrected chi connectivity index (χ1v) is 8.29. The maximum Gasteiger partial charge on any atom is 0.317 e. The van der Waals surface area contributed by atoms with E-state index in [0.29, 0.717) is 11.9 Å². The molecule has 0 bridgehead atoms. The predicted molar refractivity (Wildman–Crippen MR) is 82.7 cm³/mol. The zero-order valence-electron chi connectivity index (χ0n) is 12.9. The number of nitrogens with one attached hydrogen (secondary N) is 1. The molecule has 22 heavy (non-hydrogen) atoms. The first kappa shape index (κ1) is 15.1. The van der Waals surface area contributed by atoms with Crippen molar-refractivity contribution < 1.29 is 9.53 Å². The minimum atomic E-state index is 0.0878. The summed E-state index contributed by atoms with van der Waals surface area (Å²) in [7, 11) is 0. The van der Waals surface area contributed by atoms with Gasteiger partial charge in [0.25, 0.3) is 0 Å². The molecule has 0 aromatic carbocycles. The average Bonchev–Trinajstić information content (AvgIpc) is 2.57. The largest absolute Gasteiger partial charge is 0.473 e. The lowest BCUT2D eigenvalue weighted by molar-refractivity contribution is 0.105. The quantitative estimate of drug-likeness (QED) is 0.931. The van der Waals surface area contributed by atoms with E-state index in [4.69, 9.17) is 4.74 Å². The Morgan fingerprint density at radius 2 is 1.91 bits per heavy atom. The molecule has 1 N–H and O–H groups in total. The summed E-state index contributed by atoms with van der Waals surface area (Å²) in [5.74, 6) is 0.563. The first-order valence-electron chi connectivity index (χ1n) is 8.29. The van der Waals surface area contributed by atoms with Gasteiger partial charge < -0.3 is 15.0 Å². The molecule has 2 fully saturated rings. The lowest BCUT2D eigenvalue weighted by Crippen LogP contribution is -2.49. The summed E-state index contributed by atoms with van der Waals surface area (Å²) < 4.78 is 5.80. The molecule has 2 aliphatic rings. The van der Waals surface area contributed by atoms with Crippen LogP contribution in [0.5, 0.6) is 5.88 Å². The molecule has 1 saturated carbocycles. The Hall–Kier alpha value is -1.85. The number of ether oxygens (including phenoxy) is 1. The van der Waals surface area contributed by atoms with Gasteiger partial charge in [-0.1, -0.05) is 19.3 Å². The van der Waals surface area contributed by atoms with Crippen LogP contribution in [-0.2, 0) is 0 Å². The SMILES string of the molecule is O=C(NC1CCCCC1)N1CCC(Oc2cnccn2)CC1. The minimum absolute atomic E-state index is 0.0878. The smallest absolute Gasteiger partial charge is 0.317 e. The normalized spacial score (nSPS) is 20.6. The summed E-state index contributed by atoms with van der Waals surface area (Å²) in [5.41, 5.74) is 0. The van der Waals surface area contributed by atoms with Gasteiger partial charge in [-0.3, -0.25) is 4.98 Å². The number of piperidine rings is 1. The van der Waals surface area contributed by atoms with Crippen LogP contribution in [0.15, 0.2) is 18.6 Å². The number of rotatable bonds is 3. The molecule has 2 amide bonds. The van der Waals surface area contributed by atoms with Gasteiger partial charge in [0.15, 0.2) is 0 Å². The molecular weight excluding hydrogens is 280 g/mol. The Kier molecular flexibility index (Phi) is 5.08. The van der Waals surface area contributed by atoms with Gasteiger partial charge in [-0.2, -0.15) is 0 Å². The van der Waals surface area contributed by atoms with E-state index in [-0.39, 0.29) is 12.1 Å². The Bertz CT molecular complexity index is 468. The second-order valence-electron chi connectivity index (χ2n) is 6.13. The number of carbonyl (C=O) groups is 1. The molecule has 1 aromatic heterocycles. The van der Waals surface area contributed by atoms with E-state index in [1.807, 2.05) is 4.90 Å². The van der Waals surface area contributed by atoms with Gasteiger partial charge in [0.1, 0.15) is 6.10 Å². The Balaban J connectivity index is 1.42. The molecule has 1 aliphatic heterocycles. The standard InChI is InChI=1S/C16H24N4O2/c21-16(19-13-4-2-1-3-5-13)20-10-6-14(7-11-20)22-15-12-17-8-9-18-15/h8-9,12-14H,1-7,10-11H2,(H,19,21). The molecule has 0 unspecified atom stereocenters. The van der Waals surface area contributed by atoms with E-state index in [9.17, 15) is 4.79 Å². The fourth-order valence-corrected chi connectivity index (χ4v) is 3.21. The number of urea groups is 1. The number of hydrogen-bond acceptors (Lipinski definition) is 4. The third-order valence-corrected chi connectivity index (χ3v) is 4.49. The molecule has 6 heteroatoms. The highest BCUT2D eigenvalue weighted by Gasteiger charge is 2.26. The number of carbonyl (C=O) groups excluding carboxylic acids is 1. The summed E-state index contributed by atoms with van der Waals surface area (Å²) in [6.45, 7) is 1.48. The molecule has 1 saturated heterocycles. The second-order valence-corrected chi connectivity index (χ2v) is 6.13. The van der Waals surface area contributed by atoms with E-state index in [1.165, 1.54) is 19.3 Å². The summed E-state index contributed by atoms with van der Waals surface area (Å²) in [6, 6.07) is 0.458. The van der Waals surface area contributed by atoms with Crippen molar-refractivity contribution in [2.24, 2.45) is 0 Å². The van der Waals surface area contributed by atoms with E-state index in [2.05, 4.69) is 15.3 Å². The Morgan fingerprint density at radius 3 is 2.59 bits per heavy atom. The van der Waals surface area contributed by atoms with E-state index in [0.717, 1.165) is 38.8 Å². The molecular formula is C16H24N4O2. The third kappa shape index (κ3) is 4.08. The van der Waals surface area contributed by atoms with Gasteiger partial charge in [0.05, 0.1) is 6.20 Å². The molecule has 120 valence electrons. The molecule has 0 atom stereocenters. The monoisotopic (exact) mass is 304 g/mol. The Morgan fingerprint density at radius 1 is 1.14 bits per heavy atom. The van der Waals surface area contributed by atoms with Crippen LogP contribution in [0.1, 0.15) is 44.9 Å². The van der Waals surface area contributed by atoms with Crippen LogP contribution in [-0.4, -0.2) is 46.1 Å². The van der Waals surface area contributed by atoms with E-state index < -0.39 is 0 Å². The lowest BCUT2D eigenvalue weighted by Gasteiger charge is -2.33. The average molecular weight is 304 g/mol.